The molecule has 0 amide bonds. The number of ether oxygens (including phenoxy) is 3. The molecule has 6 heteroatoms. The normalized spacial score (nSPS) is 13.1. The molecule has 0 bridgehead atoms. The molecule has 0 heterocycles. The van der Waals surface area contributed by atoms with E-state index in [1.165, 1.54) is 128 Å². The average Bonchev–Trinajstić information content (AvgIpc) is 3.47. The number of unbranched alkanes of at least 4 members (excludes halogenated alkanes) is 25. The minimum absolute atomic E-state index is 0.117. The van der Waals surface area contributed by atoms with Crippen molar-refractivity contribution in [3.05, 3.63) is 146 Å². The Bertz CT molecular complexity index is 1760. The van der Waals surface area contributed by atoms with E-state index in [9.17, 15) is 14.4 Å². The predicted molar refractivity (Wildman–Crippen MR) is 352 cm³/mol. The molecule has 0 aliphatic heterocycles. The maximum atomic E-state index is 12.9. The first-order valence-corrected chi connectivity index (χ1v) is 33.3. The zero-order valence-electron chi connectivity index (χ0n) is 52.5. The quantitative estimate of drug-likeness (QED) is 0.0261. The van der Waals surface area contributed by atoms with Gasteiger partial charge >= 0.3 is 17.9 Å². The van der Waals surface area contributed by atoms with Gasteiger partial charge in [0.15, 0.2) is 6.10 Å². The third-order valence-electron chi connectivity index (χ3n) is 13.8. The smallest absolute Gasteiger partial charge is 0.309 e. The molecule has 0 saturated heterocycles. The van der Waals surface area contributed by atoms with Crippen LogP contribution in [0.25, 0.3) is 0 Å². The van der Waals surface area contributed by atoms with Gasteiger partial charge in [0.25, 0.3) is 0 Å². The molecule has 0 N–H and O–H groups in total. The summed E-state index contributed by atoms with van der Waals surface area (Å²) in [6.45, 7) is 6.32. The number of esters is 3. The van der Waals surface area contributed by atoms with Gasteiger partial charge in [0.05, 0.1) is 6.42 Å². The van der Waals surface area contributed by atoms with E-state index in [0.717, 1.165) is 122 Å². The van der Waals surface area contributed by atoms with Crippen molar-refractivity contribution in [2.45, 2.75) is 297 Å². The van der Waals surface area contributed by atoms with E-state index in [1.807, 2.05) is 6.08 Å². The number of allylic oxidation sites excluding steroid dienone is 23. The summed E-state index contributed by atoms with van der Waals surface area (Å²) >= 11 is 0. The summed E-state index contributed by atoms with van der Waals surface area (Å²) in [6, 6.07) is 0. The van der Waals surface area contributed by atoms with Gasteiger partial charge in [0.1, 0.15) is 13.2 Å². The number of hydrogen-bond acceptors (Lipinski definition) is 6. The van der Waals surface area contributed by atoms with Crippen LogP contribution in [0, 0.1) is 0 Å². The van der Waals surface area contributed by atoms with Crippen LogP contribution >= 0.6 is 0 Å². The summed E-state index contributed by atoms with van der Waals surface area (Å²) in [5, 5.41) is 0. The topological polar surface area (TPSA) is 78.9 Å². The molecule has 0 aromatic carbocycles. The summed E-state index contributed by atoms with van der Waals surface area (Å²) in [7, 11) is 0. The largest absolute Gasteiger partial charge is 0.462 e. The molecule has 6 nitrogen and oxygen atoms in total. The Hall–Kier alpha value is -4.71. The minimum Gasteiger partial charge on any atom is -0.462 e. The van der Waals surface area contributed by atoms with E-state index >= 15 is 0 Å². The second-order valence-corrected chi connectivity index (χ2v) is 21.6. The first kappa shape index (κ1) is 76.3. The summed E-state index contributed by atoms with van der Waals surface area (Å²) in [4.78, 5) is 38.3. The highest BCUT2D eigenvalue weighted by atomic mass is 16.6. The summed E-state index contributed by atoms with van der Waals surface area (Å²) in [5.41, 5.74) is 0. The molecule has 0 aliphatic carbocycles. The van der Waals surface area contributed by atoms with Crippen LogP contribution in [0.3, 0.4) is 0 Å². The van der Waals surface area contributed by atoms with Crippen molar-refractivity contribution in [2.24, 2.45) is 0 Å². The highest BCUT2D eigenvalue weighted by molar-refractivity contribution is 5.72. The van der Waals surface area contributed by atoms with Gasteiger partial charge in [-0.05, 0) is 122 Å². The highest BCUT2D eigenvalue weighted by Gasteiger charge is 2.19. The van der Waals surface area contributed by atoms with Crippen molar-refractivity contribution < 1.29 is 28.6 Å². The van der Waals surface area contributed by atoms with Crippen molar-refractivity contribution in [3.8, 4) is 0 Å². The third kappa shape index (κ3) is 66.0. The van der Waals surface area contributed by atoms with Gasteiger partial charge in [-0.3, -0.25) is 14.4 Å². The zero-order valence-corrected chi connectivity index (χ0v) is 52.5. The van der Waals surface area contributed by atoms with Crippen LogP contribution in [0.4, 0.5) is 0 Å². The van der Waals surface area contributed by atoms with E-state index < -0.39 is 12.1 Å². The predicted octanol–water partition coefficient (Wildman–Crippen LogP) is 23.1. The Labute approximate surface area is 499 Å². The van der Waals surface area contributed by atoms with Crippen LogP contribution in [0.1, 0.15) is 290 Å². The first-order chi connectivity index (χ1) is 40.0. The van der Waals surface area contributed by atoms with Crippen LogP contribution in [-0.2, 0) is 28.6 Å². The second-order valence-electron chi connectivity index (χ2n) is 21.6. The van der Waals surface area contributed by atoms with Gasteiger partial charge in [0, 0.05) is 12.8 Å². The molecule has 0 saturated carbocycles. The SMILES string of the molecule is CC/C=C\C/C=C\C/C=C\C/C=C\C/C=C\CC(=O)OCC(COC(=O)CCCCCCCCCCCCCCCC/C=C\C/C=C\C/C=C\C/C=C\CC)OC(=O)CCCCCCCC/C=C\C/C=C\C/C=C\CCCCCCC. The van der Waals surface area contributed by atoms with Crippen LogP contribution < -0.4 is 0 Å². The Balaban J connectivity index is 4.42. The summed E-state index contributed by atoms with van der Waals surface area (Å²) < 4.78 is 16.8. The fourth-order valence-electron chi connectivity index (χ4n) is 8.93. The Morgan fingerprint density at radius 3 is 0.864 bits per heavy atom. The summed E-state index contributed by atoms with van der Waals surface area (Å²) in [5.74, 6) is -1.06. The third-order valence-corrected chi connectivity index (χ3v) is 13.8. The molecule has 0 radical (unpaired) electrons. The van der Waals surface area contributed by atoms with Gasteiger partial charge in [-0.1, -0.05) is 295 Å². The van der Waals surface area contributed by atoms with Gasteiger partial charge in [-0.25, -0.2) is 0 Å². The molecule has 81 heavy (non-hydrogen) atoms. The molecule has 0 aromatic rings. The van der Waals surface area contributed by atoms with Crippen molar-refractivity contribution in [2.75, 3.05) is 13.2 Å². The van der Waals surface area contributed by atoms with E-state index in [4.69, 9.17) is 14.2 Å². The molecule has 0 spiro atoms. The fraction of sp³-hybridized carbons (Fsp3) is 0.640. The molecular formula is C75H122O6. The second kappa shape index (κ2) is 67.8. The lowest BCUT2D eigenvalue weighted by molar-refractivity contribution is -0.166. The maximum Gasteiger partial charge on any atom is 0.309 e. The van der Waals surface area contributed by atoms with Crippen molar-refractivity contribution in [1.29, 1.82) is 0 Å². The average molecular weight is 1120 g/mol. The lowest BCUT2D eigenvalue weighted by atomic mass is 10.0. The van der Waals surface area contributed by atoms with E-state index in [0.29, 0.717) is 6.42 Å². The fourth-order valence-corrected chi connectivity index (χ4v) is 8.93. The monoisotopic (exact) mass is 1120 g/mol. The Morgan fingerprint density at radius 1 is 0.272 bits per heavy atom. The number of hydrogen-bond donors (Lipinski definition) is 0. The van der Waals surface area contributed by atoms with Crippen molar-refractivity contribution in [3.63, 3.8) is 0 Å². The van der Waals surface area contributed by atoms with Gasteiger partial charge in [-0.15, -0.1) is 0 Å². The zero-order chi connectivity index (χ0) is 58.5. The van der Waals surface area contributed by atoms with Crippen molar-refractivity contribution >= 4 is 17.9 Å². The number of carbonyl (C=O) groups excluding carboxylic acids is 3. The maximum absolute atomic E-state index is 12.9. The molecule has 1 unspecified atom stereocenters. The van der Waals surface area contributed by atoms with Crippen molar-refractivity contribution in [1.82, 2.24) is 0 Å². The van der Waals surface area contributed by atoms with Crippen LogP contribution in [0.15, 0.2) is 146 Å². The molecule has 0 rings (SSSR count). The lowest BCUT2D eigenvalue weighted by Crippen LogP contribution is -2.30. The van der Waals surface area contributed by atoms with Gasteiger partial charge < -0.3 is 14.2 Å². The molecule has 1 atom stereocenters. The molecule has 0 aliphatic rings. The Kier molecular flexibility index (Phi) is 63.9. The number of rotatable bonds is 59. The van der Waals surface area contributed by atoms with E-state index in [1.54, 1.807) is 6.08 Å². The molecule has 0 fully saturated rings. The van der Waals surface area contributed by atoms with Crippen LogP contribution in [-0.4, -0.2) is 37.2 Å². The Morgan fingerprint density at radius 2 is 0.531 bits per heavy atom. The lowest BCUT2D eigenvalue weighted by Gasteiger charge is -2.18. The van der Waals surface area contributed by atoms with E-state index in [2.05, 4.69) is 154 Å². The number of carbonyl (C=O) groups is 3. The van der Waals surface area contributed by atoms with Crippen LogP contribution in [0.5, 0.6) is 0 Å². The first-order valence-electron chi connectivity index (χ1n) is 33.3. The molecular weight excluding hydrogens is 997 g/mol. The minimum atomic E-state index is -0.832. The standard InChI is InChI=1S/C75H122O6/c1-4-7-10-13-16-19-22-25-28-30-32-34-35-36-37-38-39-41-42-44-47-50-53-56-59-62-65-68-74(77)80-71-72(70-79-73(76)67-64-61-58-55-52-49-46-27-24-21-18-15-12-9-6-3)81-75(78)69-66-63-60-57-54-51-48-45-43-40-33-31-29-26-23-20-17-14-11-8-5-2/h7,9-10,12,16,18-19,21,23,25-28,31-34,43,45-46,52,55,61,64,72H,4-6,8,11,13-15,17,20,22,24,29-30,35-42,44,47-51,53-54,56-60,62-63,65-71H2,1-3H3/b10-7-,12-9-,19-16-,21-18-,26-23-,28-25-,33-31-,34-32-,45-43-,46-27-,55-52-,64-61-. The van der Waals surface area contributed by atoms with Gasteiger partial charge in [0.2, 0.25) is 0 Å². The molecule has 458 valence electrons. The van der Waals surface area contributed by atoms with Crippen LogP contribution in [0.2, 0.25) is 0 Å². The van der Waals surface area contributed by atoms with E-state index in [-0.39, 0.29) is 38.0 Å². The summed E-state index contributed by atoms with van der Waals surface area (Å²) in [6.07, 6.45) is 97.4. The molecule has 0 aromatic heterocycles. The van der Waals surface area contributed by atoms with Gasteiger partial charge in [-0.2, -0.15) is 0 Å². The highest BCUT2D eigenvalue weighted by Crippen LogP contribution is 2.16.